The van der Waals surface area contributed by atoms with E-state index in [2.05, 4.69) is 140 Å². The van der Waals surface area contributed by atoms with Gasteiger partial charge in [0.1, 0.15) is 41.0 Å². The number of rotatable bonds is 15. The van der Waals surface area contributed by atoms with Gasteiger partial charge in [0.05, 0.1) is 20.4 Å². The lowest BCUT2D eigenvalue weighted by Gasteiger charge is -2.28. The van der Waals surface area contributed by atoms with Crippen LogP contribution in [0.4, 0.5) is 0 Å². The number of methoxy groups -OCH3 is 2. The molecule has 7 aromatic carbocycles. The molecule has 276 valence electrons. The van der Waals surface area contributed by atoms with E-state index in [0.29, 0.717) is 34.3 Å². The maximum Gasteiger partial charge on any atom is 0.169 e. The number of benzene rings is 7. The molecule has 0 amide bonds. The molecule has 0 atom stereocenters. The van der Waals surface area contributed by atoms with Crippen LogP contribution in [0.3, 0.4) is 0 Å². The summed E-state index contributed by atoms with van der Waals surface area (Å²) in [6.45, 7) is 0. The molecule has 55 heavy (non-hydrogen) atoms. The van der Waals surface area contributed by atoms with Crippen molar-refractivity contribution in [2.75, 3.05) is 14.2 Å². The molecule has 0 heterocycles. The number of carbonyl (C=O) groups excluding carboxylic acids is 1. The quantitative estimate of drug-likeness (QED) is 0.0800. The van der Waals surface area contributed by atoms with Gasteiger partial charge in [-0.3, -0.25) is 4.79 Å². The fourth-order valence-electron chi connectivity index (χ4n) is 6.77. The summed E-state index contributed by atoms with van der Waals surface area (Å²) in [5, 5.41) is 4.07. The summed E-state index contributed by atoms with van der Waals surface area (Å²) in [5.74, 6) is 3.84. The van der Waals surface area contributed by atoms with Crippen LogP contribution >= 0.6 is 7.26 Å². The van der Waals surface area contributed by atoms with Crippen molar-refractivity contribution in [2.24, 2.45) is 0 Å². The molecule has 0 saturated heterocycles. The van der Waals surface area contributed by atoms with Crippen LogP contribution in [-0.4, -0.2) is 20.5 Å². The first-order valence-corrected chi connectivity index (χ1v) is 19.9. The van der Waals surface area contributed by atoms with E-state index in [9.17, 15) is 4.79 Å². The Morgan fingerprint density at radius 1 is 0.455 bits per heavy atom. The normalized spacial score (nSPS) is 10.9. The lowest BCUT2D eigenvalue weighted by molar-refractivity contribution is -0.0000182. The molecule has 0 aliphatic rings. The Labute approximate surface area is 334 Å². The Morgan fingerprint density at radius 2 is 0.873 bits per heavy atom. The van der Waals surface area contributed by atoms with Crippen LogP contribution in [-0.2, 0) is 19.0 Å². The van der Waals surface area contributed by atoms with Crippen LogP contribution in [0.15, 0.2) is 176 Å². The van der Waals surface area contributed by atoms with Crippen molar-refractivity contribution in [3.05, 3.63) is 198 Å². The third kappa shape index (κ3) is 9.17. The third-order valence-electron chi connectivity index (χ3n) is 9.57. The van der Waals surface area contributed by atoms with E-state index in [1.807, 2.05) is 18.2 Å². The van der Waals surface area contributed by atoms with Crippen LogP contribution in [0, 0.1) is 0 Å². The molecule has 0 aromatic heterocycles. The molecular weight excluding hydrogens is 767 g/mol. The minimum absolute atomic E-state index is 0. The fourth-order valence-corrected chi connectivity index (χ4v) is 11.0. The van der Waals surface area contributed by atoms with E-state index in [0.717, 1.165) is 36.6 Å². The summed E-state index contributed by atoms with van der Waals surface area (Å²) in [7, 11) is 1.22. The SMILES string of the molecule is COc1ccc(C=O)cc1Oc1ccc(CCc2ccc(OC)c(Oc3ccc(C[P+](c4ccccc4)(c4ccccc4)c4ccccc4)cc3)c2)cc1.[Br-]. The Hall–Kier alpha value is -5.68. The van der Waals surface area contributed by atoms with Gasteiger partial charge in [0.25, 0.3) is 0 Å². The lowest BCUT2D eigenvalue weighted by atomic mass is 10.0. The second-order valence-corrected chi connectivity index (χ2v) is 16.5. The second kappa shape index (κ2) is 18.6. The van der Waals surface area contributed by atoms with Crippen molar-refractivity contribution in [1.29, 1.82) is 0 Å². The van der Waals surface area contributed by atoms with Gasteiger partial charge in [-0.05, 0) is 121 Å². The number of carbonyl (C=O) groups is 1. The molecule has 0 aliphatic heterocycles. The molecule has 0 aliphatic carbocycles. The average molecular weight is 810 g/mol. The topological polar surface area (TPSA) is 54.0 Å². The zero-order valence-corrected chi connectivity index (χ0v) is 33.3. The molecule has 7 heteroatoms. The van der Waals surface area contributed by atoms with Gasteiger partial charge in [-0.2, -0.15) is 0 Å². The molecular formula is C48H42BrO5P. The van der Waals surface area contributed by atoms with E-state index >= 15 is 0 Å². The molecule has 7 aromatic rings. The van der Waals surface area contributed by atoms with Gasteiger partial charge in [0.2, 0.25) is 0 Å². The highest BCUT2D eigenvalue weighted by Crippen LogP contribution is 2.58. The molecule has 0 saturated carbocycles. The Morgan fingerprint density at radius 3 is 1.35 bits per heavy atom. The van der Waals surface area contributed by atoms with Crippen LogP contribution < -0.4 is 51.8 Å². The third-order valence-corrected chi connectivity index (χ3v) is 13.9. The highest BCUT2D eigenvalue weighted by atomic mass is 79.9. The number of ether oxygens (including phenoxy) is 4. The number of aryl methyl sites for hydroxylation is 2. The Bertz CT molecular complexity index is 2180. The van der Waals surface area contributed by atoms with Crippen molar-refractivity contribution >= 4 is 29.5 Å². The molecule has 0 unspecified atom stereocenters. The molecule has 0 spiro atoms. The summed E-state index contributed by atoms with van der Waals surface area (Å²) in [4.78, 5) is 11.3. The highest BCUT2D eigenvalue weighted by Gasteiger charge is 2.45. The molecule has 5 nitrogen and oxygen atoms in total. The largest absolute Gasteiger partial charge is 1.00 e. The van der Waals surface area contributed by atoms with E-state index < -0.39 is 7.26 Å². The number of hydrogen-bond donors (Lipinski definition) is 0. The predicted octanol–water partition coefficient (Wildman–Crippen LogP) is 7.38. The Balaban J connectivity index is 0.00000514. The van der Waals surface area contributed by atoms with Crippen molar-refractivity contribution in [2.45, 2.75) is 19.0 Å². The summed E-state index contributed by atoms with van der Waals surface area (Å²) >= 11 is 0. The van der Waals surface area contributed by atoms with Crippen molar-refractivity contribution < 1.29 is 40.7 Å². The minimum atomic E-state index is -2.02. The number of hydrogen-bond acceptors (Lipinski definition) is 5. The van der Waals surface area contributed by atoms with Gasteiger partial charge in [0, 0.05) is 5.56 Å². The predicted molar refractivity (Wildman–Crippen MR) is 221 cm³/mol. The summed E-state index contributed by atoms with van der Waals surface area (Å²) in [6.07, 6.45) is 3.33. The van der Waals surface area contributed by atoms with Crippen LogP contribution in [0.1, 0.15) is 27.0 Å². The lowest BCUT2D eigenvalue weighted by Crippen LogP contribution is -3.00. The van der Waals surface area contributed by atoms with Gasteiger partial charge in [-0.1, -0.05) is 84.9 Å². The smallest absolute Gasteiger partial charge is 0.169 e. The van der Waals surface area contributed by atoms with Crippen molar-refractivity contribution in [1.82, 2.24) is 0 Å². The summed E-state index contributed by atoms with van der Waals surface area (Å²) in [6, 6.07) is 60.5. The first-order valence-electron chi connectivity index (χ1n) is 18.0. The summed E-state index contributed by atoms with van der Waals surface area (Å²) in [5.41, 5.74) is 4.08. The maximum atomic E-state index is 11.3. The first-order chi connectivity index (χ1) is 26.6. The van der Waals surface area contributed by atoms with Crippen molar-refractivity contribution in [3.63, 3.8) is 0 Å². The number of aldehydes is 1. The van der Waals surface area contributed by atoms with Crippen molar-refractivity contribution in [3.8, 4) is 34.5 Å². The maximum absolute atomic E-state index is 11.3. The van der Waals surface area contributed by atoms with Crippen LogP contribution in [0.5, 0.6) is 34.5 Å². The van der Waals surface area contributed by atoms with Crippen LogP contribution in [0.2, 0.25) is 0 Å². The van der Waals surface area contributed by atoms with E-state index in [1.165, 1.54) is 27.0 Å². The molecule has 0 N–H and O–H groups in total. The number of halogens is 1. The van der Waals surface area contributed by atoms with Gasteiger partial charge >= 0.3 is 0 Å². The van der Waals surface area contributed by atoms with Gasteiger partial charge < -0.3 is 35.9 Å². The van der Waals surface area contributed by atoms with E-state index in [-0.39, 0.29) is 17.0 Å². The van der Waals surface area contributed by atoms with Gasteiger partial charge in [-0.25, -0.2) is 0 Å². The molecule has 0 radical (unpaired) electrons. The Kier molecular flexibility index (Phi) is 13.2. The molecule has 0 bridgehead atoms. The zero-order valence-electron chi connectivity index (χ0n) is 30.8. The van der Waals surface area contributed by atoms with Gasteiger partial charge in [-0.15, -0.1) is 0 Å². The molecule has 7 rings (SSSR count). The first kappa shape index (κ1) is 39.0. The second-order valence-electron chi connectivity index (χ2n) is 13.0. The van der Waals surface area contributed by atoms with E-state index in [1.54, 1.807) is 32.4 Å². The fraction of sp³-hybridized carbons (Fsp3) is 0.104. The van der Waals surface area contributed by atoms with E-state index in [4.69, 9.17) is 18.9 Å². The average Bonchev–Trinajstić information content (AvgIpc) is 3.24. The molecule has 0 fully saturated rings. The minimum Gasteiger partial charge on any atom is -1.00 e. The van der Waals surface area contributed by atoms with Gasteiger partial charge in [0.15, 0.2) is 23.0 Å². The van der Waals surface area contributed by atoms with Crippen LogP contribution in [0.25, 0.3) is 0 Å². The summed E-state index contributed by atoms with van der Waals surface area (Å²) < 4.78 is 23.6. The zero-order chi connectivity index (χ0) is 37.2. The standard InChI is InChI=1S/C48H42O5P.BrH/c1-50-45-30-24-37(19-18-36-20-26-40(27-21-36)53-48-33-39(34-49)25-31-46(48)51-2)32-47(45)52-41-28-22-38(23-29-41)35-54(42-12-6-3-7-13-42,43-14-8-4-9-15-43)44-16-10-5-11-17-44;/h3-17,20-34H,18-19,35H2,1-2H3;1H/q+1;/p-1. The monoisotopic (exact) mass is 808 g/mol. The highest BCUT2D eigenvalue weighted by molar-refractivity contribution is 7.95.